The number of amides is 1. The van der Waals surface area contributed by atoms with Gasteiger partial charge in [0.2, 0.25) is 0 Å². The van der Waals surface area contributed by atoms with Crippen LogP contribution >= 0.6 is 0 Å². The van der Waals surface area contributed by atoms with Crippen LogP contribution in [0, 0.1) is 11.7 Å². The lowest BCUT2D eigenvalue weighted by atomic mass is 10.0. The minimum absolute atomic E-state index is 0.115. The molecule has 2 N–H and O–H groups in total. The molecule has 1 unspecified atom stereocenters. The van der Waals surface area contributed by atoms with Gasteiger partial charge in [-0.2, -0.15) is 0 Å². The highest BCUT2D eigenvalue weighted by atomic mass is 19.1. The minimum atomic E-state index is -0.457. The van der Waals surface area contributed by atoms with E-state index in [1.54, 1.807) is 11.0 Å². The molecule has 2 rings (SSSR count). The van der Waals surface area contributed by atoms with Gasteiger partial charge in [-0.15, -0.1) is 0 Å². The first kappa shape index (κ1) is 12.9. The van der Waals surface area contributed by atoms with Crippen molar-refractivity contribution in [2.24, 2.45) is 5.92 Å². The molecule has 1 amide bonds. The molecule has 18 heavy (non-hydrogen) atoms. The van der Waals surface area contributed by atoms with Gasteiger partial charge in [0.25, 0.3) is 5.91 Å². The van der Waals surface area contributed by atoms with Crippen molar-refractivity contribution in [3.05, 3.63) is 29.6 Å². The van der Waals surface area contributed by atoms with Crippen molar-refractivity contribution in [2.45, 2.75) is 26.2 Å². The average Bonchev–Trinajstić information content (AvgIpc) is 2.52. The molecule has 1 fully saturated rings. The molecule has 1 saturated heterocycles. The molecule has 0 bridgehead atoms. The summed E-state index contributed by atoms with van der Waals surface area (Å²) in [5, 5.41) is 0. The summed E-state index contributed by atoms with van der Waals surface area (Å²) in [6.07, 6.45) is 3.17. The lowest BCUT2D eigenvalue weighted by molar-refractivity contribution is 0.0760. The van der Waals surface area contributed by atoms with Crippen LogP contribution in [0.5, 0.6) is 0 Å². The predicted molar refractivity (Wildman–Crippen MR) is 69.7 cm³/mol. The van der Waals surface area contributed by atoms with Crippen molar-refractivity contribution in [3.63, 3.8) is 0 Å². The Balaban J connectivity index is 2.14. The van der Waals surface area contributed by atoms with Gasteiger partial charge in [-0.3, -0.25) is 4.79 Å². The van der Waals surface area contributed by atoms with E-state index < -0.39 is 5.82 Å². The second kappa shape index (κ2) is 5.38. The van der Waals surface area contributed by atoms with E-state index in [-0.39, 0.29) is 5.91 Å². The van der Waals surface area contributed by atoms with Gasteiger partial charge in [0.1, 0.15) is 5.82 Å². The van der Waals surface area contributed by atoms with Crippen LogP contribution in [-0.2, 0) is 0 Å². The van der Waals surface area contributed by atoms with E-state index >= 15 is 0 Å². The van der Waals surface area contributed by atoms with Crippen molar-refractivity contribution in [1.29, 1.82) is 0 Å². The van der Waals surface area contributed by atoms with Gasteiger partial charge in [0, 0.05) is 24.3 Å². The largest absolute Gasteiger partial charge is 0.399 e. The Morgan fingerprint density at radius 3 is 2.83 bits per heavy atom. The normalized spacial score (nSPS) is 20.6. The maximum Gasteiger partial charge on any atom is 0.254 e. The quantitative estimate of drug-likeness (QED) is 0.779. The van der Waals surface area contributed by atoms with Crippen LogP contribution in [0.1, 0.15) is 36.5 Å². The number of carbonyl (C=O) groups is 1. The summed E-state index contributed by atoms with van der Waals surface area (Å²) in [7, 11) is 0. The zero-order valence-electron chi connectivity index (χ0n) is 10.7. The summed E-state index contributed by atoms with van der Waals surface area (Å²) in [6.45, 7) is 3.70. The number of hydrogen-bond acceptors (Lipinski definition) is 2. The number of likely N-dealkylation sites (tertiary alicyclic amines) is 1. The van der Waals surface area contributed by atoms with Gasteiger partial charge in [-0.1, -0.05) is 6.92 Å². The highest BCUT2D eigenvalue weighted by Crippen LogP contribution is 2.19. The smallest absolute Gasteiger partial charge is 0.254 e. The van der Waals surface area contributed by atoms with Gasteiger partial charge >= 0.3 is 0 Å². The van der Waals surface area contributed by atoms with E-state index in [0.717, 1.165) is 32.4 Å². The molecule has 0 spiro atoms. The van der Waals surface area contributed by atoms with Crippen LogP contribution in [0.25, 0.3) is 0 Å². The zero-order chi connectivity index (χ0) is 13.1. The topological polar surface area (TPSA) is 46.3 Å². The Kier molecular flexibility index (Phi) is 3.84. The lowest BCUT2D eigenvalue weighted by Crippen LogP contribution is -2.32. The van der Waals surface area contributed by atoms with Crippen LogP contribution in [0.4, 0.5) is 10.1 Å². The van der Waals surface area contributed by atoms with E-state index in [9.17, 15) is 9.18 Å². The molecule has 0 saturated carbocycles. The molecule has 1 aliphatic heterocycles. The molecule has 0 radical (unpaired) electrons. The molecule has 1 aromatic carbocycles. The molecule has 98 valence electrons. The SMILES string of the molecule is CC1CCCN(C(=O)c2cc(N)cc(F)c2)CC1. The Labute approximate surface area is 107 Å². The van der Waals surface area contributed by atoms with E-state index in [1.807, 2.05) is 0 Å². The molecule has 3 nitrogen and oxygen atoms in total. The molecule has 1 atom stereocenters. The number of benzene rings is 1. The molecular weight excluding hydrogens is 231 g/mol. The summed E-state index contributed by atoms with van der Waals surface area (Å²) < 4.78 is 13.2. The average molecular weight is 250 g/mol. The minimum Gasteiger partial charge on any atom is -0.399 e. The lowest BCUT2D eigenvalue weighted by Gasteiger charge is -2.20. The molecule has 1 aromatic rings. The standard InChI is InChI=1S/C14H19FN2O/c1-10-3-2-5-17(6-4-10)14(18)11-7-12(15)9-13(16)8-11/h7-10H,2-6,16H2,1H3. The molecular formula is C14H19FN2O. The van der Waals surface area contributed by atoms with Gasteiger partial charge in [-0.05, 0) is 43.4 Å². The third-order valence-electron chi connectivity index (χ3n) is 3.47. The van der Waals surface area contributed by atoms with Crippen LogP contribution < -0.4 is 5.73 Å². The van der Waals surface area contributed by atoms with Crippen LogP contribution in [-0.4, -0.2) is 23.9 Å². The van der Waals surface area contributed by atoms with Crippen molar-refractivity contribution in [2.75, 3.05) is 18.8 Å². The van der Waals surface area contributed by atoms with Crippen molar-refractivity contribution in [3.8, 4) is 0 Å². The third-order valence-corrected chi connectivity index (χ3v) is 3.47. The van der Waals surface area contributed by atoms with E-state index in [2.05, 4.69) is 6.92 Å². The Bertz CT molecular complexity index is 427. The molecule has 1 heterocycles. The maximum atomic E-state index is 13.2. The van der Waals surface area contributed by atoms with Crippen molar-refractivity contribution in [1.82, 2.24) is 4.90 Å². The molecule has 0 aromatic heterocycles. The van der Waals surface area contributed by atoms with Gasteiger partial charge in [-0.25, -0.2) is 4.39 Å². The maximum absolute atomic E-state index is 13.2. The van der Waals surface area contributed by atoms with Crippen LogP contribution in [0.3, 0.4) is 0 Å². The fourth-order valence-electron chi connectivity index (χ4n) is 2.38. The second-order valence-corrected chi connectivity index (χ2v) is 5.10. The first-order chi connectivity index (χ1) is 8.56. The molecule has 4 heteroatoms. The highest BCUT2D eigenvalue weighted by Gasteiger charge is 2.20. The monoisotopic (exact) mass is 250 g/mol. The fraction of sp³-hybridized carbons (Fsp3) is 0.500. The third kappa shape index (κ3) is 3.00. The van der Waals surface area contributed by atoms with Gasteiger partial charge in [0.15, 0.2) is 0 Å². The second-order valence-electron chi connectivity index (χ2n) is 5.10. The first-order valence-corrected chi connectivity index (χ1v) is 6.41. The number of anilines is 1. The van der Waals surface area contributed by atoms with E-state index in [1.165, 1.54) is 12.1 Å². The number of carbonyl (C=O) groups excluding carboxylic acids is 1. The predicted octanol–water partition coefficient (Wildman–Crippen LogP) is 2.67. The summed E-state index contributed by atoms with van der Waals surface area (Å²) in [5.41, 5.74) is 6.21. The number of rotatable bonds is 1. The number of nitrogen functional groups attached to an aromatic ring is 1. The summed E-state index contributed by atoms with van der Waals surface area (Å²) >= 11 is 0. The van der Waals surface area contributed by atoms with Crippen LogP contribution in [0.2, 0.25) is 0 Å². The zero-order valence-corrected chi connectivity index (χ0v) is 10.7. The van der Waals surface area contributed by atoms with Gasteiger partial charge < -0.3 is 10.6 Å². The summed E-state index contributed by atoms with van der Waals surface area (Å²) in [5.74, 6) is 0.0808. The molecule has 0 aliphatic carbocycles. The Morgan fingerprint density at radius 1 is 1.33 bits per heavy atom. The first-order valence-electron chi connectivity index (χ1n) is 6.41. The van der Waals surface area contributed by atoms with E-state index in [0.29, 0.717) is 17.2 Å². The fourth-order valence-corrected chi connectivity index (χ4v) is 2.38. The number of nitrogens with two attached hydrogens (primary N) is 1. The van der Waals surface area contributed by atoms with Crippen LogP contribution in [0.15, 0.2) is 18.2 Å². The van der Waals surface area contributed by atoms with Crippen molar-refractivity contribution >= 4 is 11.6 Å². The summed E-state index contributed by atoms with van der Waals surface area (Å²) in [6, 6.07) is 4.02. The summed E-state index contributed by atoms with van der Waals surface area (Å²) in [4.78, 5) is 14.1. The number of nitrogens with zero attached hydrogens (tertiary/aromatic N) is 1. The van der Waals surface area contributed by atoms with Crippen molar-refractivity contribution < 1.29 is 9.18 Å². The van der Waals surface area contributed by atoms with E-state index in [4.69, 9.17) is 5.73 Å². The number of hydrogen-bond donors (Lipinski definition) is 1. The van der Waals surface area contributed by atoms with Gasteiger partial charge in [0.05, 0.1) is 0 Å². The Hall–Kier alpha value is -1.58. The molecule has 1 aliphatic rings. The number of halogens is 1. The highest BCUT2D eigenvalue weighted by molar-refractivity contribution is 5.95. The Morgan fingerprint density at radius 2 is 2.11 bits per heavy atom.